The van der Waals surface area contributed by atoms with E-state index in [2.05, 4.69) is 116 Å². The third-order valence-corrected chi connectivity index (χ3v) is 6.29. The van der Waals surface area contributed by atoms with E-state index in [1.54, 1.807) is 74.4 Å². The first-order chi connectivity index (χ1) is 25.1. The molecule has 0 N–H and O–H groups in total. The van der Waals surface area contributed by atoms with Gasteiger partial charge >= 0.3 is 34.0 Å². The smallest absolute Gasteiger partial charge is 0.418 e. The van der Waals surface area contributed by atoms with Crippen LogP contribution in [0.25, 0.3) is 34.2 Å². The van der Waals surface area contributed by atoms with Gasteiger partial charge in [0.2, 0.25) is 0 Å². The van der Waals surface area contributed by atoms with Gasteiger partial charge in [-0.15, -0.1) is 0 Å². The normalized spacial score (nSPS) is 10.9. The topological polar surface area (TPSA) is 129 Å². The van der Waals surface area contributed by atoms with E-state index < -0.39 is 14.5 Å². The minimum Gasteiger partial charge on any atom is -0.418 e. The van der Waals surface area contributed by atoms with E-state index in [1.165, 1.54) is 11.1 Å². The van der Waals surface area contributed by atoms with Crippen LogP contribution in [0.15, 0.2) is 111 Å². The Kier molecular flexibility index (Phi) is 19.4. The third-order valence-electron chi connectivity index (χ3n) is 6.29. The molecule has 10 nitrogen and oxygen atoms in total. The van der Waals surface area contributed by atoms with Crippen LogP contribution in [0.1, 0.15) is 52.7 Å². The first-order valence-electron chi connectivity index (χ1n) is 15.8. The second-order valence-electron chi connectivity index (χ2n) is 12.7. The summed E-state index contributed by atoms with van der Waals surface area (Å²) in [6.07, 6.45) is 23.4. The van der Waals surface area contributed by atoms with Gasteiger partial charge in [-0.05, 0) is 46.2 Å². The molecule has 6 aromatic rings. The average Bonchev–Trinajstić information content (AvgIpc) is 3.12. The Morgan fingerprint density at radius 1 is 0.364 bits per heavy atom. The van der Waals surface area contributed by atoms with Gasteiger partial charge in [0.15, 0.2) is 0 Å². The van der Waals surface area contributed by atoms with Crippen molar-refractivity contribution in [3.05, 3.63) is 122 Å². The Balaban J connectivity index is 0.000000375. The minimum atomic E-state index is -6.00. The number of nitrogens with zero attached hydrogens (tertiary/aromatic N) is 10. The molecule has 55 heavy (non-hydrogen) atoms. The molecule has 6 aromatic heterocycles. The van der Waals surface area contributed by atoms with E-state index in [4.69, 9.17) is 0 Å². The van der Waals surface area contributed by atoms with Crippen molar-refractivity contribution in [2.75, 3.05) is 0 Å². The van der Waals surface area contributed by atoms with Gasteiger partial charge in [0.25, 0.3) is 0 Å². The van der Waals surface area contributed by atoms with Crippen LogP contribution in [-0.4, -0.2) is 64.3 Å². The molecule has 292 valence electrons. The van der Waals surface area contributed by atoms with Crippen LogP contribution in [0.3, 0.4) is 0 Å². The fourth-order valence-corrected chi connectivity index (χ4v) is 3.80. The Labute approximate surface area is 326 Å². The number of pyridine rings is 2. The van der Waals surface area contributed by atoms with Gasteiger partial charge < -0.3 is 34.5 Å². The quantitative estimate of drug-likeness (QED) is 0.126. The number of hydrogen-bond donors (Lipinski definition) is 0. The average molecular weight is 859 g/mol. The van der Waals surface area contributed by atoms with Gasteiger partial charge in [0.1, 0.15) is 22.8 Å². The molecule has 0 unspecified atom stereocenters. The molecule has 0 aromatic carbocycles. The Bertz CT molecular complexity index is 1710. The van der Waals surface area contributed by atoms with Gasteiger partial charge in [0.05, 0.1) is 36.2 Å². The van der Waals surface area contributed by atoms with Crippen LogP contribution in [0.4, 0.5) is 34.5 Å². The van der Waals surface area contributed by atoms with Gasteiger partial charge in [-0.3, -0.25) is 49.8 Å². The van der Waals surface area contributed by atoms with Gasteiger partial charge in [-0.25, -0.2) is 0 Å². The zero-order valence-electron chi connectivity index (χ0n) is 30.4. The monoisotopic (exact) mass is 860 g/mol. The van der Waals surface area contributed by atoms with E-state index in [9.17, 15) is 34.5 Å². The van der Waals surface area contributed by atoms with Crippen LogP contribution >= 0.6 is 0 Å². The summed E-state index contributed by atoms with van der Waals surface area (Å²) in [5.41, 5.74) is 7.67. The summed E-state index contributed by atoms with van der Waals surface area (Å²) in [5.74, 6) is 0. The predicted octanol–water partition coefficient (Wildman–Crippen LogP) is 9.20. The van der Waals surface area contributed by atoms with Crippen molar-refractivity contribution in [1.29, 1.82) is 0 Å². The molecule has 0 atom stereocenters. The van der Waals surface area contributed by atoms with Crippen molar-refractivity contribution in [3.8, 4) is 34.2 Å². The van der Waals surface area contributed by atoms with E-state index in [0.717, 1.165) is 34.2 Å². The second kappa shape index (κ2) is 22.3. The maximum absolute atomic E-state index is 9.75. The molecular weight excluding hydrogens is 823 g/mol. The standard InChI is InChI=1S/C18H24N2.2C8H6N4.2BF4.Ru/c1-17(2,3)13-7-9-19-15(11-13)16-12-14(8-10-20-16)18(4,5)6;2*1-3-11-7(5-9-1)8-6-10-2-4-12-8;2*2-1(3,4)5;/h7-12H,1-6H3;2*1-6H;;;/q;;;2*-1;+2. The number of rotatable bonds is 3. The summed E-state index contributed by atoms with van der Waals surface area (Å²) in [6, 6.07) is 8.46. The van der Waals surface area contributed by atoms with Crippen LogP contribution in [0, 0.1) is 0 Å². The number of halogens is 8. The van der Waals surface area contributed by atoms with Crippen LogP contribution in [0.5, 0.6) is 0 Å². The van der Waals surface area contributed by atoms with Crippen LogP contribution in [0.2, 0.25) is 0 Å². The second-order valence-corrected chi connectivity index (χ2v) is 12.7. The van der Waals surface area contributed by atoms with Crippen molar-refractivity contribution < 1.29 is 54.0 Å². The van der Waals surface area contributed by atoms with Crippen LogP contribution in [-0.2, 0) is 30.3 Å². The van der Waals surface area contributed by atoms with Crippen LogP contribution < -0.4 is 0 Å². The minimum absolute atomic E-state index is 0. The third kappa shape index (κ3) is 21.3. The molecule has 0 fully saturated rings. The Morgan fingerprint density at radius 3 is 0.764 bits per heavy atom. The van der Waals surface area contributed by atoms with E-state index >= 15 is 0 Å². The summed E-state index contributed by atoms with van der Waals surface area (Å²) >= 11 is 0. The Morgan fingerprint density at radius 2 is 0.582 bits per heavy atom. The molecule has 0 aliphatic heterocycles. The molecule has 0 amide bonds. The molecule has 0 aliphatic rings. The van der Waals surface area contributed by atoms with Crippen molar-refractivity contribution in [2.24, 2.45) is 0 Å². The van der Waals surface area contributed by atoms with Crippen molar-refractivity contribution >= 4 is 14.5 Å². The Hall–Kier alpha value is -5.19. The fraction of sp³-hybridized carbons (Fsp3) is 0.235. The molecule has 0 radical (unpaired) electrons. The van der Waals surface area contributed by atoms with Gasteiger partial charge in [0, 0.05) is 62.0 Å². The molecule has 6 rings (SSSR count). The molecule has 0 saturated heterocycles. The van der Waals surface area contributed by atoms with E-state index in [1.807, 2.05) is 12.4 Å². The summed E-state index contributed by atoms with van der Waals surface area (Å²) < 4.78 is 78.0. The fourth-order valence-electron chi connectivity index (χ4n) is 3.80. The zero-order valence-corrected chi connectivity index (χ0v) is 32.1. The van der Waals surface area contributed by atoms with Gasteiger partial charge in [-0.1, -0.05) is 41.5 Å². The van der Waals surface area contributed by atoms with Crippen molar-refractivity contribution in [2.45, 2.75) is 52.4 Å². The summed E-state index contributed by atoms with van der Waals surface area (Å²) in [6.45, 7) is 13.3. The summed E-state index contributed by atoms with van der Waals surface area (Å²) in [5, 5.41) is 0. The molecule has 21 heteroatoms. The molecular formula is C34H36B2F8N10Ru. The van der Waals surface area contributed by atoms with E-state index in [0.29, 0.717) is 0 Å². The number of hydrogen-bond acceptors (Lipinski definition) is 10. The SMILES string of the molecule is CC(C)(C)c1ccnc(-c2cc(C(C)(C)C)ccn2)c1.F[B-](F)(F)F.F[B-](F)(F)F.[Ru+2].c1cnc(-c2cnccn2)cn1.c1cnc(-c2cnccn2)cn1. The molecule has 0 aliphatic carbocycles. The first kappa shape index (κ1) is 47.8. The molecule has 0 bridgehead atoms. The maximum atomic E-state index is 9.75. The molecule has 0 spiro atoms. The number of aromatic nitrogens is 10. The maximum Gasteiger partial charge on any atom is 2.00 e. The van der Waals surface area contributed by atoms with Crippen molar-refractivity contribution in [1.82, 2.24) is 49.8 Å². The zero-order chi connectivity index (χ0) is 40.4. The first-order valence-corrected chi connectivity index (χ1v) is 15.8. The summed E-state index contributed by atoms with van der Waals surface area (Å²) in [7, 11) is -12.0. The molecule has 0 saturated carbocycles. The summed E-state index contributed by atoms with van der Waals surface area (Å²) in [4.78, 5) is 41.0. The largest absolute Gasteiger partial charge is 2.00 e. The predicted molar refractivity (Wildman–Crippen MR) is 191 cm³/mol. The van der Waals surface area contributed by atoms with Crippen molar-refractivity contribution in [3.63, 3.8) is 0 Å². The molecule has 6 heterocycles. The van der Waals surface area contributed by atoms with E-state index in [-0.39, 0.29) is 30.3 Å². The van der Waals surface area contributed by atoms with Gasteiger partial charge in [-0.2, -0.15) is 0 Å².